The molecule has 1 aliphatic carbocycles. The van der Waals surface area contributed by atoms with E-state index in [0.717, 1.165) is 28.2 Å². The predicted molar refractivity (Wildman–Crippen MR) is 82.3 cm³/mol. The molecule has 22 heavy (non-hydrogen) atoms. The Hall–Kier alpha value is -1.89. The summed E-state index contributed by atoms with van der Waals surface area (Å²) in [6.45, 7) is 3.93. The van der Waals surface area contributed by atoms with Gasteiger partial charge in [-0.1, -0.05) is 0 Å². The number of hydrogen-bond donors (Lipinski definition) is 2. The van der Waals surface area contributed by atoms with E-state index in [-0.39, 0.29) is 24.3 Å². The number of amides is 4. The molecule has 118 valence electrons. The van der Waals surface area contributed by atoms with Crippen molar-refractivity contribution in [3.63, 3.8) is 0 Å². The molecule has 0 radical (unpaired) electrons. The molecule has 2 N–H and O–H groups in total. The first-order valence-corrected chi connectivity index (χ1v) is 8.23. The molecule has 6 nitrogen and oxygen atoms in total. The van der Waals surface area contributed by atoms with Gasteiger partial charge in [0.05, 0.1) is 6.54 Å². The number of hydrogen-bond acceptors (Lipinski definition) is 4. The second-order valence-corrected chi connectivity index (χ2v) is 7.10. The van der Waals surface area contributed by atoms with Crippen LogP contribution in [0.25, 0.3) is 0 Å². The highest BCUT2D eigenvalue weighted by Crippen LogP contribution is 2.42. The van der Waals surface area contributed by atoms with Gasteiger partial charge in [0.15, 0.2) is 0 Å². The Morgan fingerprint density at radius 1 is 1.50 bits per heavy atom. The van der Waals surface area contributed by atoms with Gasteiger partial charge in [0.1, 0.15) is 12.1 Å². The number of nitrogens with zero attached hydrogens (tertiary/aromatic N) is 1. The highest BCUT2D eigenvalue weighted by molar-refractivity contribution is 7.10. The van der Waals surface area contributed by atoms with E-state index in [2.05, 4.69) is 10.6 Å². The van der Waals surface area contributed by atoms with Crippen molar-refractivity contribution < 1.29 is 14.4 Å². The quantitative estimate of drug-likeness (QED) is 0.805. The molecule has 0 bridgehead atoms. The third-order valence-corrected chi connectivity index (χ3v) is 5.43. The van der Waals surface area contributed by atoms with Crippen LogP contribution >= 0.6 is 11.3 Å². The highest BCUT2D eigenvalue weighted by Gasteiger charge is 2.56. The second-order valence-electron chi connectivity index (χ2n) is 6.10. The van der Waals surface area contributed by atoms with E-state index in [1.807, 2.05) is 18.4 Å². The normalized spacial score (nSPS) is 24.5. The molecule has 2 heterocycles. The molecule has 1 saturated heterocycles. The Bertz CT molecular complexity index is 638. The summed E-state index contributed by atoms with van der Waals surface area (Å²) in [6, 6.07) is 1.52. The Labute approximate surface area is 132 Å². The zero-order chi connectivity index (χ0) is 15.9. The van der Waals surface area contributed by atoms with Gasteiger partial charge in [0.2, 0.25) is 5.91 Å². The first kappa shape index (κ1) is 15.0. The number of urea groups is 1. The van der Waals surface area contributed by atoms with Crippen LogP contribution < -0.4 is 10.6 Å². The molecule has 2 aliphatic rings. The molecule has 1 aliphatic heterocycles. The van der Waals surface area contributed by atoms with Crippen molar-refractivity contribution in [1.29, 1.82) is 0 Å². The number of carbonyl (C=O) groups is 3. The summed E-state index contributed by atoms with van der Waals surface area (Å²) in [4.78, 5) is 38.5. The summed E-state index contributed by atoms with van der Waals surface area (Å²) >= 11 is 1.57. The summed E-state index contributed by atoms with van der Waals surface area (Å²) in [5, 5.41) is 7.47. The average molecular weight is 321 g/mol. The Balaban J connectivity index is 1.58. The smallest absolute Gasteiger partial charge is 0.325 e. The van der Waals surface area contributed by atoms with Crippen LogP contribution in [0.15, 0.2) is 11.4 Å². The average Bonchev–Trinajstić information content (AvgIpc) is 3.21. The third-order valence-electron chi connectivity index (χ3n) is 4.41. The minimum absolute atomic E-state index is 0.200. The molecule has 7 heteroatoms. The summed E-state index contributed by atoms with van der Waals surface area (Å²) in [6.07, 6.45) is 1.89. The van der Waals surface area contributed by atoms with Crippen molar-refractivity contribution in [1.82, 2.24) is 15.5 Å². The Morgan fingerprint density at radius 2 is 2.23 bits per heavy atom. The first-order chi connectivity index (χ1) is 10.4. The Kier molecular flexibility index (Phi) is 3.68. The third kappa shape index (κ3) is 2.61. The fourth-order valence-electron chi connectivity index (χ4n) is 2.76. The summed E-state index contributed by atoms with van der Waals surface area (Å²) in [7, 11) is 0. The largest absolute Gasteiger partial charge is 0.350 e. The number of imide groups is 1. The molecule has 0 spiro atoms. The van der Waals surface area contributed by atoms with E-state index < -0.39 is 11.6 Å². The van der Waals surface area contributed by atoms with Crippen LogP contribution in [0, 0.1) is 12.8 Å². The van der Waals surface area contributed by atoms with Crippen molar-refractivity contribution in [3.8, 4) is 0 Å². The van der Waals surface area contributed by atoms with Crippen LogP contribution in [0.2, 0.25) is 0 Å². The van der Waals surface area contributed by atoms with Gasteiger partial charge in [0, 0.05) is 4.88 Å². The van der Waals surface area contributed by atoms with Gasteiger partial charge in [0.25, 0.3) is 5.91 Å². The molecule has 1 unspecified atom stereocenters. The molecule has 2 fully saturated rings. The van der Waals surface area contributed by atoms with Gasteiger partial charge in [-0.3, -0.25) is 14.5 Å². The second kappa shape index (κ2) is 5.39. The molecule has 4 amide bonds. The molecule has 1 saturated carbocycles. The van der Waals surface area contributed by atoms with E-state index in [9.17, 15) is 14.4 Å². The van der Waals surface area contributed by atoms with E-state index >= 15 is 0 Å². The van der Waals surface area contributed by atoms with Crippen LogP contribution in [0.5, 0.6) is 0 Å². The molecule has 0 aromatic carbocycles. The first-order valence-electron chi connectivity index (χ1n) is 7.35. The molecule has 1 aromatic heterocycles. The predicted octanol–water partition coefficient (Wildman–Crippen LogP) is 1.39. The molecular weight excluding hydrogens is 302 g/mol. The van der Waals surface area contributed by atoms with E-state index in [4.69, 9.17) is 0 Å². The fourth-order valence-corrected chi connectivity index (χ4v) is 3.61. The van der Waals surface area contributed by atoms with Crippen molar-refractivity contribution in [2.45, 2.75) is 38.8 Å². The van der Waals surface area contributed by atoms with Crippen LogP contribution in [-0.2, 0) is 16.1 Å². The SMILES string of the molecule is Cc1ccsc1CNC(=O)CN1C(=O)NC(C)(C2CC2)C1=O. The van der Waals surface area contributed by atoms with Gasteiger partial charge in [-0.2, -0.15) is 0 Å². The minimum Gasteiger partial charge on any atom is -0.350 e. The van der Waals surface area contributed by atoms with Gasteiger partial charge in [-0.15, -0.1) is 11.3 Å². The van der Waals surface area contributed by atoms with Crippen LogP contribution in [0.4, 0.5) is 4.79 Å². The van der Waals surface area contributed by atoms with Gasteiger partial charge >= 0.3 is 6.03 Å². The molecule has 1 aromatic rings. The van der Waals surface area contributed by atoms with Crippen molar-refractivity contribution >= 4 is 29.2 Å². The maximum atomic E-state index is 12.4. The summed E-state index contributed by atoms with van der Waals surface area (Å²) in [5.41, 5.74) is 0.295. The van der Waals surface area contributed by atoms with Crippen LogP contribution in [0.1, 0.15) is 30.2 Å². The van der Waals surface area contributed by atoms with E-state index in [1.165, 1.54) is 0 Å². The number of carbonyl (C=O) groups excluding carboxylic acids is 3. The lowest BCUT2D eigenvalue weighted by Gasteiger charge is -2.20. The lowest BCUT2D eigenvalue weighted by atomic mass is 9.96. The fraction of sp³-hybridized carbons (Fsp3) is 0.533. The lowest BCUT2D eigenvalue weighted by Crippen LogP contribution is -2.46. The zero-order valence-electron chi connectivity index (χ0n) is 12.6. The number of rotatable bonds is 5. The van der Waals surface area contributed by atoms with Gasteiger partial charge < -0.3 is 10.6 Å². The molecule has 3 rings (SSSR count). The highest BCUT2D eigenvalue weighted by atomic mass is 32.1. The van der Waals surface area contributed by atoms with Gasteiger partial charge in [-0.05, 0) is 49.6 Å². The maximum absolute atomic E-state index is 12.4. The number of aryl methyl sites for hydroxylation is 1. The van der Waals surface area contributed by atoms with Gasteiger partial charge in [-0.25, -0.2) is 4.79 Å². The number of thiophene rings is 1. The monoisotopic (exact) mass is 321 g/mol. The van der Waals surface area contributed by atoms with E-state index in [0.29, 0.717) is 6.54 Å². The molecular formula is C15H19N3O3S. The Morgan fingerprint density at radius 3 is 2.82 bits per heavy atom. The topological polar surface area (TPSA) is 78.5 Å². The zero-order valence-corrected chi connectivity index (χ0v) is 13.5. The molecule has 1 atom stereocenters. The van der Waals surface area contributed by atoms with Crippen molar-refractivity contribution in [3.05, 3.63) is 21.9 Å². The minimum atomic E-state index is -0.832. The van der Waals surface area contributed by atoms with Crippen LogP contribution in [-0.4, -0.2) is 34.8 Å². The lowest BCUT2D eigenvalue weighted by molar-refractivity contribution is -0.135. The summed E-state index contributed by atoms with van der Waals surface area (Å²) in [5.74, 6) is -0.412. The van der Waals surface area contributed by atoms with Crippen molar-refractivity contribution in [2.75, 3.05) is 6.54 Å². The van der Waals surface area contributed by atoms with Crippen LogP contribution in [0.3, 0.4) is 0 Å². The maximum Gasteiger partial charge on any atom is 0.325 e. The van der Waals surface area contributed by atoms with Crippen molar-refractivity contribution in [2.24, 2.45) is 5.92 Å². The van der Waals surface area contributed by atoms with E-state index in [1.54, 1.807) is 18.3 Å². The standard InChI is InChI=1S/C15H19N3O3S/c1-9-5-6-22-11(9)7-16-12(19)8-18-13(20)15(2,10-3-4-10)17-14(18)21/h5-6,10H,3-4,7-8H2,1-2H3,(H,16,19)(H,17,21). The summed E-state index contributed by atoms with van der Waals surface area (Å²) < 4.78 is 0. The number of nitrogens with one attached hydrogen (secondary N) is 2.